The average molecular weight is 246 g/mol. The van der Waals surface area contributed by atoms with Crippen molar-refractivity contribution in [2.24, 2.45) is 5.73 Å². The molecule has 1 aromatic heterocycles. The molecular formula is C11H14N6O. The second kappa shape index (κ2) is 5.17. The molecule has 0 atom stereocenters. The largest absolute Gasteiger partial charge is 0.399 e. The zero-order valence-corrected chi connectivity index (χ0v) is 9.68. The van der Waals surface area contributed by atoms with Crippen LogP contribution in [0.4, 0.5) is 16.3 Å². The van der Waals surface area contributed by atoms with Crippen LogP contribution in [0.5, 0.6) is 0 Å². The van der Waals surface area contributed by atoms with E-state index in [-0.39, 0.29) is 0 Å². The Hall–Kier alpha value is -2.57. The lowest BCUT2D eigenvalue weighted by molar-refractivity contribution is 0.249. The molecule has 94 valence electrons. The number of carbonyl (C=O) groups is 1. The van der Waals surface area contributed by atoms with Gasteiger partial charge in [-0.2, -0.15) is 0 Å². The van der Waals surface area contributed by atoms with E-state index in [1.54, 1.807) is 12.1 Å². The van der Waals surface area contributed by atoms with Crippen LogP contribution in [-0.4, -0.2) is 29.1 Å². The molecule has 0 aliphatic rings. The molecular weight excluding hydrogens is 232 g/mol. The van der Waals surface area contributed by atoms with Crippen molar-refractivity contribution in [3.63, 3.8) is 0 Å². The number of nitrogen functional groups attached to an aromatic ring is 1. The molecule has 6 N–H and O–H groups in total. The second-order valence-electron chi connectivity index (χ2n) is 3.72. The first-order valence-corrected chi connectivity index (χ1v) is 5.44. The molecule has 1 aromatic carbocycles. The lowest BCUT2D eigenvalue weighted by atomic mass is 10.2. The Kier molecular flexibility index (Phi) is 3.42. The Morgan fingerprint density at radius 1 is 1.28 bits per heavy atom. The molecule has 0 bridgehead atoms. The number of nitrogens with two attached hydrogens (primary N) is 2. The average Bonchev–Trinajstić information content (AvgIpc) is 2.34. The molecule has 0 saturated heterocycles. The number of fused-ring (bicyclic) bond motifs is 1. The molecule has 0 saturated carbocycles. The van der Waals surface area contributed by atoms with Crippen LogP contribution in [0, 0.1) is 0 Å². The number of hydrogen-bond donors (Lipinski definition) is 4. The van der Waals surface area contributed by atoms with Crippen molar-refractivity contribution in [2.45, 2.75) is 0 Å². The summed E-state index contributed by atoms with van der Waals surface area (Å²) in [7, 11) is 0. The monoisotopic (exact) mass is 246 g/mol. The third kappa shape index (κ3) is 2.76. The lowest BCUT2D eigenvalue weighted by Gasteiger charge is -2.08. The normalized spacial score (nSPS) is 10.2. The molecule has 0 fully saturated rings. The maximum atomic E-state index is 10.5. The van der Waals surface area contributed by atoms with Gasteiger partial charge in [-0.15, -0.1) is 0 Å². The third-order valence-corrected chi connectivity index (χ3v) is 2.38. The highest BCUT2D eigenvalue weighted by molar-refractivity contribution is 5.90. The third-order valence-electron chi connectivity index (χ3n) is 2.38. The minimum atomic E-state index is -0.544. The highest BCUT2D eigenvalue weighted by Crippen LogP contribution is 2.20. The maximum Gasteiger partial charge on any atom is 0.312 e. The Balaban J connectivity index is 2.11. The van der Waals surface area contributed by atoms with Crippen LogP contribution in [0.15, 0.2) is 24.5 Å². The topological polar surface area (TPSA) is 119 Å². The fraction of sp³-hybridized carbons (Fsp3) is 0.182. The van der Waals surface area contributed by atoms with Crippen molar-refractivity contribution >= 4 is 28.4 Å². The molecule has 0 spiro atoms. The zero-order chi connectivity index (χ0) is 13.0. The van der Waals surface area contributed by atoms with Gasteiger partial charge in [-0.1, -0.05) is 0 Å². The first-order chi connectivity index (χ1) is 8.66. The number of benzene rings is 1. The highest BCUT2D eigenvalue weighted by Gasteiger charge is 2.03. The standard InChI is InChI=1S/C11H14N6O/c12-7-1-2-8-9(5-7)16-6-17-10(8)14-3-4-15-11(13)18/h1-2,5-6H,3-4,12H2,(H3,13,15,18)(H,14,16,17). The molecule has 2 rings (SSSR count). The van der Waals surface area contributed by atoms with Crippen LogP contribution < -0.4 is 22.1 Å². The van der Waals surface area contributed by atoms with Crippen molar-refractivity contribution in [3.05, 3.63) is 24.5 Å². The van der Waals surface area contributed by atoms with Crippen LogP contribution >= 0.6 is 0 Å². The Bertz CT molecular complexity index is 570. The summed E-state index contributed by atoms with van der Waals surface area (Å²) < 4.78 is 0. The summed E-state index contributed by atoms with van der Waals surface area (Å²) in [5.41, 5.74) is 12.1. The Morgan fingerprint density at radius 2 is 2.11 bits per heavy atom. The van der Waals surface area contributed by atoms with Crippen molar-refractivity contribution in [3.8, 4) is 0 Å². The molecule has 7 heteroatoms. The SMILES string of the molecule is NC(=O)NCCNc1ncnc2cc(N)ccc12. The fourth-order valence-electron chi connectivity index (χ4n) is 1.58. The summed E-state index contributed by atoms with van der Waals surface area (Å²) in [6, 6.07) is 4.88. The second-order valence-corrected chi connectivity index (χ2v) is 3.72. The Morgan fingerprint density at radius 3 is 2.89 bits per heavy atom. The first kappa shape index (κ1) is 11.9. The van der Waals surface area contributed by atoms with Gasteiger partial charge in [0.1, 0.15) is 12.1 Å². The molecule has 7 nitrogen and oxygen atoms in total. The van der Waals surface area contributed by atoms with Gasteiger partial charge in [0.2, 0.25) is 0 Å². The number of urea groups is 1. The van der Waals surface area contributed by atoms with Gasteiger partial charge in [-0.3, -0.25) is 0 Å². The number of rotatable bonds is 4. The van der Waals surface area contributed by atoms with E-state index in [1.807, 2.05) is 6.07 Å². The smallest absolute Gasteiger partial charge is 0.312 e. The number of nitrogens with one attached hydrogen (secondary N) is 2. The van der Waals surface area contributed by atoms with Gasteiger partial charge in [-0.25, -0.2) is 14.8 Å². The van der Waals surface area contributed by atoms with E-state index in [4.69, 9.17) is 11.5 Å². The molecule has 18 heavy (non-hydrogen) atoms. The summed E-state index contributed by atoms with van der Waals surface area (Å²) >= 11 is 0. The minimum absolute atomic E-state index is 0.426. The molecule has 0 radical (unpaired) electrons. The maximum absolute atomic E-state index is 10.5. The van der Waals surface area contributed by atoms with Gasteiger partial charge in [0.25, 0.3) is 0 Å². The zero-order valence-electron chi connectivity index (χ0n) is 9.68. The molecule has 0 unspecified atom stereocenters. The molecule has 2 aromatic rings. The number of carbonyl (C=O) groups excluding carboxylic acids is 1. The van der Waals surface area contributed by atoms with E-state index in [1.165, 1.54) is 6.33 Å². The van der Waals surface area contributed by atoms with Gasteiger partial charge in [-0.05, 0) is 18.2 Å². The quantitative estimate of drug-likeness (QED) is 0.456. The number of nitrogens with zero attached hydrogens (tertiary/aromatic N) is 2. The van der Waals surface area contributed by atoms with E-state index in [9.17, 15) is 4.79 Å². The number of anilines is 2. The van der Waals surface area contributed by atoms with Crippen molar-refractivity contribution in [2.75, 3.05) is 24.1 Å². The van der Waals surface area contributed by atoms with E-state index in [0.29, 0.717) is 24.6 Å². The minimum Gasteiger partial charge on any atom is -0.399 e. The van der Waals surface area contributed by atoms with E-state index in [2.05, 4.69) is 20.6 Å². The number of primary amides is 1. The first-order valence-electron chi connectivity index (χ1n) is 5.44. The summed E-state index contributed by atoms with van der Waals surface area (Å²) in [5, 5.41) is 6.47. The van der Waals surface area contributed by atoms with Gasteiger partial charge in [0, 0.05) is 24.2 Å². The van der Waals surface area contributed by atoms with Crippen LogP contribution in [0.3, 0.4) is 0 Å². The van der Waals surface area contributed by atoms with Crippen LogP contribution in [0.2, 0.25) is 0 Å². The fourth-order valence-corrected chi connectivity index (χ4v) is 1.58. The van der Waals surface area contributed by atoms with Gasteiger partial charge >= 0.3 is 6.03 Å². The van der Waals surface area contributed by atoms with Crippen LogP contribution in [0.1, 0.15) is 0 Å². The van der Waals surface area contributed by atoms with Gasteiger partial charge < -0.3 is 22.1 Å². The van der Waals surface area contributed by atoms with Gasteiger partial charge in [0.05, 0.1) is 5.52 Å². The molecule has 2 amide bonds. The van der Waals surface area contributed by atoms with Crippen LogP contribution in [0.25, 0.3) is 10.9 Å². The van der Waals surface area contributed by atoms with E-state index in [0.717, 1.165) is 10.9 Å². The van der Waals surface area contributed by atoms with Crippen LogP contribution in [-0.2, 0) is 0 Å². The summed E-state index contributed by atoms with van der Waals surface area (Å²) in [6.45, 7) is 0.954. The van der Waals surface area contributed by atoms with E-state index >= 15 is 0 Å². The molecule has 1 heterocycles. The summed E-state index contributed by atoms with van der Waals surface area (Å²) in [6.07, 6.45) is 1.46. The van der Waals surface area contributed by atoms with Crippen molar-refractivity contribution < 1.29 is 4.79 Å². The van der Waals surface area contributed by atoms with Crippen molar-refractivity contribution in [1.82, 2.24) is 15.3 Å². The lowest BCUT2D eigenvalue weighted by Crippen LogP contribution is -2.33. The summed E-state index contributed by atoms with van der Waals surface area (Å²) in [4.78, 5) is 18.8. The number of amides is 2. The number of hydrogen-bond acceptors (Lipinski definition) is 5. The highest BCUT2D eigenvalue weighted by atomic mass is 16.2. The molecule has 0 aliphatic carbocycles. The van der Waals surface area contributed by atoms with Crippen molar-refractivity contribution in [1.29, 1.82) is 0 Å². The predicted molar refractivity (Wildman–Crippen MR) is 70.0 cm³/mol. The molecule has 0 aliphatic heterocycles. The summed E-state index contributed by atoms with van der Waals surface area (Å²) in [5.74, 6) is 0.700. The van der Waals surface area contributed by atoms with E-state index < -0.39 is 6.03 Å². The van der Waals surface area contributed by atoms with Gasteiger partial charge in [0.15, 0.2) is 0 Å². The predicted octanol–water partition coefficient (Wildman–Crippen LogP) is 0.292. The Labute approximate surface area is 104 Å². The number of aromatic nitrogens is 2.